The summed E-state index contributed by atoms with van der Waals surface area (Å²) in [7, 11) is 0. The smallest absolute Gasteiger partial charge is 0.254 e. The average molecular weight is 330 g/mol. The molecule has 2 rings (SSSR count). The van der Waals surface area contributed by atoms with Gasteiger partial charge in [-0.25, -0.2) is 0 Å². The molecule has 3 atom stereocenters. The van der Waals surface area contributed by atoms with E-state index in [2.05, 4.69) is 0 Å². The third-order valence-electron chi connectivity index (χ3n) is 3.63. The summed E-state index contributed by atoms with van der Waals surface area (Å²) in [6, 6.07) is 5.95. The normalized spacial score (nSPS) is 29.1. The number of hydrogen-bond acceptors (Lipinski definition) is 9. The first kappa shape index (κ1) is 17.8. The van der Waals surface area contributed by atoms with Crippen molar-refractivity contribution in [2.24, 2.45) is 0 Å². The van der Waals surface area contributed by atoms with E-state index in [4.69, 9.17) is 14.6 Å². The van der Waals surface area contributed by atoms with Crippen LogP contribution in [-0.2, 0) is 4.74 Å². The Hall–Kier alpha value is -1.59. The van der Waals surface area contributed by atoms with Gasteiger partial charge in [0.2, 0.25) is 6.29 Å². The maximum atomic E-state index is 11.5. The van der Waals surface area contributed by atoms with Crippen LogP contribution >= 0.6 is 0 Å². The van der Waals surface area contributed by atoms with Crippen LogP contribution < -0.4 is 4.74 Å². The fourth-order valence-corrected chi connectivity index (χ4v) is 2.22. The Bertz CT molecular complexity index is 583. The lowest BCUT2D eigenvalue weighted by Crippen LogP contribution is -2.75. The molecule has 9 heteroatoms. The minimum atomic E-state index is -3.44. The van der Waals surface area contributed by atoms with Crippen LogP contribution in [-0.4, -0.2) is 73.1 Å². The highest BCUT2D eigenvalue weighted by molar-refractivity contribution is 5.96. The molecule has 6 N–H and O–H groups in total. The Morgan fingerprint density at radius 1 is 1.22 bits per heavy atom. The van der Waals surface area contributed by atoms with Crippen LogP contribution in [0.5, 0.6) is 5.75 Å². The summed E-state index contributed by atoms with van der Waals surface area (Å²) < 4.78 is 10.3. The lowest BCUT2D eigenvalue weighted by Gasteiger charge is -2.48. The SMILES string of the molecule is CC(=O)c1ccccc1O[C@H]1O[C@H](CO)C(O)(O)C(O)(O)[C@H]1O. The molecule has 0 spiro atoms. The van der Waals surface area contributed by atoms with E-state index in [-0.39, 0.29) is 17.1 Å². The van der Waals surface area contributed by atoms with Crippen molar-refractivity contribution in [2.45, 2.75) is 37.0 Å². The molecule has 1 heterocycles. The van der Waals surface area contributed by atoms with Gasteiger partial charge in [0.15, 0.2) is 11.9 Å². The second-order valence-corrected chi connectivity index (χ2v) is 5.24. The number of aliphatic hydroxyl groups is 6. The van der Waals surface area contributed by atoms with Gasteiger partial charge in [0.1, 0.15) is 11.9 Å². The van der Waals surface area contributed by atoms with E-state index in [0.717, 1.165) is 0 Å². The Kier molecular flexibility index (Phi) is 4.74. The van der Waals surface area contributed by atoms with Crippen LogP contribution in [0.15, 0.2) is 24.3 Å². The zero-order valence-corrected chi connectivity index (χ0v) is 12.2. The Morgan fingerprint density at radius 2 is 1.83 bits per heavy atom. The number of carbonyl (C=O) groups excluding carboxylic acids is 1. The first-order chi connectivity index (χ1) is 10.6. The van der Waals surface area contributed by atoms with Gasteiger partial charge < -0.3 is 40.1 Å². The number of benzene rings is 1. The minimum absolute atomic E-state index is 0.0140. The molecular formula is C14H18O9. The van der Waals surface area contributed by atoms with Crippen molar-refractivity contribution >= 4 is 5.78 Å². The van der Waals surface area contributed by atoms with Crippen molar-refractivity contribution in [3.05, 3.63) is 29.8 Å². The lowest BCUT2D eigenvalue weighted by molar-refractivity contribution is -0.465. The maximum absolute atomic E-state index is 11.5. The van der Waals surface area contributed by atoms with Crippen molar-refractivity contribution in [1.29, 1.82) is 0 Å². The summed E-state index contributed by atoms with van der Waals surface area (Å²) in [6.07, 6.45) is -5.93. The molecule has 9 nitrogen and oxygen atoms in total. The fraction of sp³-hybridized carbons (Fsp3) is 0.500. The summed E-state index contributed by atoms with van der Waals surface area (Å²) in [5.41, 5.74) is 0.148. The molecule has 1 fully saturated rings. The topological polar surface area (TPSA) is 157 Å². The average Bonchev–Trinajstić information content (AvgIpc) is 2.49. The Labute approximate surface area is 130 Å². The molecule has 0 saturated carbocycles. The third-order valence-corrected chi connectivity index (χ3v) is 3.63. The highest BCUT2D eigenvalue weighted by Gasteiger charge is 2.65. The quantitative estimate of drug-likeness (QED) is 0.264. The number of rotatable bonds is 4. The monoisotopic (exact) mass is 330 g/mol. The number of para-hydroxylation sites is 1. The van der Waals surface area contributed by atoms with Gasteiger partial charge in [-0.3, -0.25) is 4.79 Å². The largest absolute Gasteiger partial charge is 0.461 e. The standard InChI is InChI=1S/C14H18O9/c1-7(16)8-4-2-3-5-9(8)22-12-11(17)14(20,21)13(18,19)10(6-15)23-12/h2-5,10-12,15,17-21H,6H2,1H3/t10-,11+,12+/m1/s1. The van der Waals surface area contributed by atoms with Gasteiger partial charge in [-0.2, -0.15) is 0 Å². The van der Waals surface area contributed by atoms with Crippen molar-refractivity contribution in [2.75, 3.05) is 6.61 Å². The zero-order chi connectivity index (χ0) is 17.4. The number of ether oxygens (including phenoxy) is 2. The lowest BCUT2D eigenvalue weighted by atomic mass is 9.91. The predicted molar refractivity (Wildman–Crippen MR) is 73.2 cm³/mol. The van der Waals surface area contributed by atoms with Crippen LogP contribution in [0, 0.1) is 0 Å². The van der Waals surface area contributed by atoms with E-state index in [1.54, 1.807) is 6.07 Å². The van der Waals surface area contributed by atoms with Gasteiger partial charge in [0, 0.05) is 0 Å². The summed E-state index contributed by atoms with van der Waals surface area (Å²) in [5.74, 6) is -7.13. The maximum Gasteiger partial charge on any atom is 0.254 e. The molecule has 0 amide bonds. The van der Waals surface area contributed by atoms with E-state index in [1.807, 2.05) is 0 Å². The van der Waals surface area contributed by atoms with E-state index >= 15 is 0 Å². The fourth-order valence-electron chi connectivity index (χ4n) is 2.22. The Morgan fingerprint density at radius 3 is 2.39 bits per heavy atom. The van der Waals surface area contributed by atoms with E-state index in [9.17, 15) is 30.3 Å². The number of hydrogen-bond donors (Lipinski definition) is 6. The van der Waals surface area contributed by atoms with Crippen molar-refractivity contribution < 1.29 is 44.9 Å². The van der Waals surface area contributed by atoms with Gasteiger partial charge in [-0.15, -0.1) is 0 Å². The molecule has 23 heavy (non-hydrogen) atoms. The molecule has 0 aromatic heterocycles. The molecule has 0 radical (unpaired) electrons. The first-order valence-electron chi connectivity index (χ1n) is 6.73. The molecule has 1 aromatic carbocycles. The minimum Gasteiger partial charge on any atom is -0.461 e. The van der Waals surface area contributed by atoms with E-state index < -0.39 is 36.7 Å². The number of aliphatic hydroxyl groups excluding tert-OH is 2. The van der Waals surface area contributed by atoms with Gasteiger partial charge in [0.25, 0.3) is 11.6 Å². The van der Waals surface area contributed by atoms with Crippen LogP contribution in [0.3, 0.4) is 0 Å². The van der Waals surface area contributed by atoms with Gasteiger partial charge in [-0.1, -0.05) is 12.1 Å². The number of ketones is 1. The molecule has 1 aliphatic heterocycles. The third kappa shape index (κ3) is 2.95. The first-order valence-corrected chi connectivity index (χ1v) is 6.73. The second kappa shape index (κ2) is 6.13. The molecule has 0 unspecified atom stereocenters. The molecule has 0 bridgehead atoms. The Balaban J connectivity index is 2.32. The highest BCUT2D eigenvalue weighted by atomic mass is 16.7. The molecule has 1 aliphatic rings. The van der Waals surface area contributed by atoms with Gasteiger partial charge >= 0.3 is 0 Å². The van der Waals surface area contributed by atoms with Crippen LogP contribution in [0.25, 0.3) is 0 Å². The molecule has 1 aromatic rings. The van der Waals surface area contributed by atoms with E-state index in [1.165, 1.54) is 25.1 Å². The summed E-state index contributed by atoms with van der Waals surface area (Å²) >= 11 is 0. The van der Waals surface area contributed by atoms with E-state index in [0.29, 0.717) is 0 Å². The number of Topliss-reactive ketones (excluding diaryl/α,β-unsaturated/α-hetero) is 1. The predicted octanol–water partition coefficient (Wildman–Crippen LogP) is -2.29. The van der Waals surface area contributed by atoms with Crippen LogP contribution in [0.4, 0.5) is 0 Å². The molecular weight excluding hydrogens is 312 g/mol. The van der Waals surface area contributed by atoms with Crippen molar-refractivity contribution in [1.82, 2.24) is 0 Å². The van der Waals surface area contributed by atoms with Crippen molar-refractivity contribution in [3.8, 4) is 5.75 Å². The summed E-state index contributed by atoms with van der Waals surface area (Å²) in [6.45, 7) is 0.294. The highest BCUT2D eigenvalue weighted by Crippen LogP contribution is 2.36. The second-order valence-electron chi connectivity index (χ2n) is 5.24. The molecule has 0 aliphatic carbocycles. The molecule has 128 valence electrons. The summed E-state index contributed by atoms with van der Waals surface area (Å²) in [4.78, 5) is 11.5. The summed E-state index contributed by atoms with van der Waals surface area (Å²) in [5, 5.41) is 57.9. The van der Waals surface area contributed by atoms with Gasteiger partial charge in [-0.05, 0) is 19.1 Å². The zero-order valence-electron chi connectivity index (χ0n) is 12.2. The van der Waals surface area contributed by atoms with Crippen LogP contribution in [0.2, 0.25) is 0 Å². The molecule has 1 saturated heterocycles. The van der Waals surface area contributed by atoms with Crippen molar-refractivity contribution in [3.63, 3.8) is 0 Å². The van der Waals surface area contributed by atoms with Gasteiger partial charge in [0.05, 0.1) is 12.2 Å². The number of carbonyl (C=O) groups is 1. The van der Waals surface area contributed by atoms with Crippen LogP contribution in [0.1, 0.15) is 17.3 Å².